The monoisotopic (exact) mass is 334 g/mol. The molecule has 0 aliphatic heterocycles. The van der Waals surface area contributed by atoms with Crippen molar-refractivity contribution in [1.82, 2.24) is 9.97 Å². The zero-order chi connectivity index (χ0) is 14.5. The summed E-state index contributed by atoms with van der Waals surface area (Å²) in [5, 5.41) is 5.79. The van der Waals surface area contributed by atoms with Crippen LogP contribution in [0.3, 0.4) is 0 Å². The highest BCUT2D eigenvalue weighted by atomic mass is 79.9. The Morgan fingerprint density at radius 2 is 2.10 bits per heavy atom. The Hall–Kier alpha value is -1.95. The molecule has 1 amide bonds. The van der Waals surface area contributed by atoms with Crippen LogP contribution < -0.4 is 10.6 Å². The van der Waals surface area contributed by atoms with Crippen molar-refractivity contribution in [3.05, 3.63) is 46.3 Å². The predicted molar refractivity (Wildman–Crippen MR) is 82.8 cm³/mol. The molecule has 0 spiro atoms. The van der Waals surface area contributed by atoms with E-state index >= 15 is 0 Å². The van der Waals surface area contributed by atoms with E-state index in [2.05, 4.69) is 36.5 Å². The maximum absolute atomic E-state index is 11.9. The van der Waals surface area contributed by atoms with E-state index in [-0.39, 0.29) is 12.5 Å². The fourth-order valence-electron chi connectivity index (χ4n) is 1.68. The van der Waals surface area contributed by atoms with Gasteiger partial charge in [0.2, 0.25) is 5.91 Å². The maximum Gasteiger partial charge on any atom is 0.243 e. The largest absolute Gasteiger partial charge is 0.360 e. The quantitative estimate of drug-likeness (QED) is 0.902. The molecule has 1 aromatic heterocycles. The van der Waals surface area contributed by atoms with E-state index in [9.17, 15) is 4.79 Å². The minimum Gasteiger partial charge on any atom is -0.360 e. The van der Waals surface area contributed by atoms with Crippen LogP contribution in [-0.4, -0.2) is 22.4 Å². The van der Waals surface area contributed by atoms with Crippen molar-refractivity contribution >= 4 is 33.3 Å². The Morgan fingerprint density at radius 3 is 2.80 bits per heavy atom. The Morgan fingerprint density at radius 1 is 1.30 bits per heavy atom. The second-order valence-electron chi connectivity index (χ2n) is 4.41. The lowest BCUT2D eigenvalue weighted by atomic mass is 10.2. The third-order valence-electron chi connectivity index (χ3n) is 2.65. The lowest BCUT2D eigenvalue weighted by molar-refractivity contribution is -0.114. The first-order chi connectivity index (χ1) is 9.54. The molecule has 104 valence electrons. The number of benzene rings is 1. The number of amides is 1. The first kappa shape index (κ1) is 14.5. The highest BCUT2D eigenvalue weighted by Gasteiger charge is 2.05. The molecule has 0 bridgehead atoms. The lowest BCUT2D eigenvalue weighted by Crippen LogP contribution is -2.22. The van der Waals surface area contributed by atoms with Gasteiger partial charge in [-0.25, -0.2) is 4.98 Å². The van der Waals surface area contributed by atoms with Gasteiger partial charge in [-0.15, -0.1) is 0 Å². The van der Waals surface area contributed by atoms with Gasteiger partial charge in [-0.05, 0) is 37.6 Å². The standard InChI is InChI=1S/C14H15BrN4O/c1-9-5-11(15)3-4-12(9)19-14(20)8-17-13-7-16-6-10(2)18-13/h3-7H,8H2,1-2H3,(H,17,18)(H,19,20). The zero-order valence-corrected chi connectivity index (χ0v) is 12.9. The van der Waals surface area contributed by atoms with Crippen LogP contribution in [0.15, 0.2) is 35.1 Å². The van der Waals surface area contributed by atoms with Crippen molar-refractivity contribution in [3.63, 3.8) is 0 Å². The molecule has 0 unspecified atom stereocenters. The molecule has 0 radical (unpaired) electrons. The third-order valence-corrected chi connectivity index (χ3v) is 3.14. The molecule has 6 heteroatoms. The molecule has 0 atom stereocenters. The molecule has 2 rings (SSSR count). The topological polar surface area (TPSA) is 66.9 Å². The summed E-state index contributed by atoms with van der Waals surface area (Å²) in [5.41, 5.74) is 2.61. The molecule has 0 saturated carbocycles. The Balaban J connectivity index is 1.92. The van der Waals surface area contributed by atoms with Gasteiger partial charge < -0.3 is 10.6 Å². The van der Waals surface area contributed by atoms with E-state index in [4.69, 9.17) is 0 Å². The second-order valence-corrected chi connectivity index (χ2v) is 5.32. The van der Waals surface area contributed by atoms with Crippen LogP contribution in [-0.2, 0) is 4.79 Å². The Labute approximate surface area is 126 Å². The van der Waals surface area contributed by atoms with Gasteiger partial charge >= 0.3 is 0 Å². The molecular weight excluding hydrogens is 320 g/mol. The summed E-state index contributed by atoms with van der Waals surface area (Å²) in [6, 6.07) is 5.71. The number of aryl methyl sites for hydroxylation is 2. The molecular formula is C14H15BrN4O. The van der Waals surface area contributed by atoms with Crippen molar-refractivity contribution in [2.24, 2.45) is 0 Å². The van der Waals surface area contributed by atoms with Gasteiger partial charge in [0.1, 0.15) is 5.82 Å². The number of anilines is 2. The molecule has 2 aromatic rings. The third kappa shape index (κ3) is 4.03. The number of carbonyl (C=O) groups excluding carboxylic acids is 1. The molecule has 1 aromatic carbocycles. The van der Waals surface area contributed by atoms with Crippen molar-refractivity contribution in [3.8, 4) is 0 Å². The second kappa shape index (κ2) is 6.47. The molecule has 0 saturated heterocycles. The van der Waals surface area contributed by atoms with Crippen LogP contribution in [0.1, 0.15) is 11.3 Å². The SMILES string of the molecule is Cc1cncc(NCC(=O)Nc2ccc(Br)cc2C)n1. The highest BCUT2D eigenvalue weighted by molar-refractivity contribution is 9.10. The number of hydrogen-bond acceptors (Lipinski definition) is 4. The lowest BCUT2D eigenvalue weighted by Gasteiger charge is -2.10. The van der Waals surface area contributed by atoms with Gasteiger partial charge in [0.05, 0.1) is 18.4 Å². The van der Waals surface area contributed by atoms with Crippen LogP contribution in [0.5, 0.6) is 0 Å². The first-order valence-corrected chi connectivity index (χ1v) is 6.92. The first-order valence-electron chi connectivity index (χ1n) is 6.13. The van der Waals surface area contributed by atoms with Crippen LogP contribution >= 0.6 is 15.9 Å². The smallest absolute Gasteiger partial charge is 0.243 e. The van der Waals surface area contributed by atoms with Crippen molar-refractivity contribution < 1.29 is 4.79 Å². The van der Waals surface area contributed by atoms with E-state index < -0.39 is 0 Å². The average molecular weight is 335 g/mol. The highest BCUT2D eigenvalue weighted by Crippen LogP contribution is 2.19. The van der Waals surface area contributed by atoms with Crippen molar-refractivity contribution in [2.75, 3.05) is 17.2 Å². The van der Waals surface area contributed by atoms with Gasteiger partial charge in [-0.2, -0.15) is 0 Å². The summed E-state index contributed by atoms with van der Waals surface area (Å²) in [7, 11) is 0. The number of nitrogens with zero attached hydrogens (tertiary/aromatic N) is 2. The van der Waals surface area contributed by atoms with Gasteiger partial charge in [0.25, 0.3) is 0 Å². The normalized spacial score (nSPS) is 10.2. The maximum atomic E-state index is 11.9. The Bertz CT molecular complexity index is 630. The minimum absolute atomic E-state index is 0.126. The fraction of sp³-hybridized carbons (Fsp3) is 0.214. The molecule has 0 fully saturated rings. The predicted octanol–water partition coefficient (Wildman–Crippen LogP) is 2.91. The molecule has 2 N–H and O–H groups in total. The summed E-state index contributed by atoms with van der Waals surface area (Å²) < 4.78 is 0.987. The number of hydrogen-bond donors (Lipinski definition) is 2. The van der Waals surface area contributed by atoms with Gasteiger partial charge in [-0.3, -0.25) is 9.78 Å². The summed E-state index contributed by atoms with van der Waals surface area (Å²) in [6.45, 7) is 3.94. The average Bonchev–Trinajstić information content (AvgIpc) is 2.40. The Kier molecular flexibility index (Phi) is 4.68. The summed E-state index contributed by atoms with van der Waals surface area (Å²) in [5.74, 6) is 0.464. The van der Waals surface area contributed by atoms with Crippen LogP contribution in [0.4, 0.5) is 11.5 Å². The summed E-state index contributed by atoms with van der Waals surface area (Å²) >= 11 is 3.39. The van der Waals surface area contributed by atoms with Gasteiger partial charge in [0, 0.05) is 16.4 Å². The number of aromatic nitrogens is 2. The van der Waals surface area contributed by atoms with E-state index in [1.807, 2.05) is 32.0 Å². The van der Waals surface area contributed by atoms with Crippen molar-refractivity contribution in [1.29, 1.82) is 0 Å². The minimum atomic E-state index is -0.126. The fourth-order valence-corrected chi connectivity index (χ4v) is 2.16. The van der Waals surface area contributed by atoms with E-state index in [1.165, 1.54) is 0 Å². The molecule has 0 aliphatic rings. The van der Waals surface area contributed by atoms with Gasteiger partial charge in [-0.1, -0.05) is 15.9 Å². The van der Waals surface area contributed by atoms with Crippen LogP contribution in [0, 0.1) is 13.8 Å². The summed E-state index contributed by atoms with van der Waals surface area (Å²) in [6.07, 6.45) is 3.25. The van der Waals surface area contributed by atoms with Gasteiger partial charge in [0.15, 0.2) is 0 Å². The molecule has 1 heterocycles. The van der Waals surface area contributed by atoms with E-state index in [0.29, 0.717) is 5.82 Å². The number of carbonyl (C=O) groups is 1. The van der Waals surface area contributed by atoms with Crippen LogP contribution in [0.25, 0.3) is 0 Å². The molecule has 20 heavy (non-hydrogen) atoms. The zero-order valence-electron chi connectivity index (χ0n) is 11.3. The molecule has 5 nitrogen and oxygen atoms in total. The number of halogens is 1. The number of nitrogens with one attached hydrogen (secondary N) is 2. The molecule has 0 aliphatic carbocycles. The van der Waals surface area contributed by atoms with E-state index in [1.54, 1.807) is 12.4 Å². The number of rotatable bonds is 4. The van der Waals surface area contributed by atoms with E-state index in [0.717, 1.165) is 21.4 Å². The van der Waals surface area contributed by atoms with Crippen molar-refractivity contribution in [2.45, 2.75) is 13.8 Å². The van der Waals surface area contributed by atoms with Crippen LogP contribution in [0.2, 0.25) is 0 Å². The summed E-state index contributed by atoms with van der Waals surface area (Å²) in [4.78, 5) is 20.1.